The molecule has 0 fully saturated rings. The minimum Gasteiger partial charge on any atom is -0.328 e. The lowest BCUT2D eigenvalue weighted by atomic mass is 9.99. The summed E-state index contributed by atoms with van der Waals surface area (Å²) in [5.41, 5.74) is 10.2. The van der Waals surface area contributed by atoms with Crippen molar-refractivity contribution >= 4 is 72.0 Å². The van der Waals surface area contributed by atoms with Crippen LogP contribution in [-0.4, -0.2) is 53.2 Å². The number of unbranched alkanes of at least 4 members (excludes halogenated alkanes) is 1. The Morgan fingerprint density at radius 3 is 2.33 bits per heavy atom. The Balaban J connectivity index is 0.00000306. The van der Waals surface area contributed by atoms with Gasteiger partial charge in [-0.1, -0.05) is 38.5 Å². The van der Waals surface area contributed by atoms with Gasteiger partial charge in [0.1, 0.15) is 0 Å². The van der Waals surface area contributed by atoms with Crippen LogP contribution >= 0.6 is 49.6 Å². The zero-order valence-electron chi connectivity index (χ0n) is 20.9. The maximum absolute atomic E-state index is 13.2. The molecule has 2 aromatic carbocycles. The van der Waals surface area contributed by atoms with Gasteiger partial charge in [0.05, 0.1) is 11.4 Å². The molecule has 1 atom stereocenters. The molecule has 0 radical (unpaired) electrons. The molecule has 0 bridgehead atoms. The van der Waals surface area contributed by atoms with Gasteiger partial charge in [0.25, 0.3) is 5.91 Å². The van der Waals surface area contributed by atoms with Gasteiger partial charge in [0.15, 0.2) is 0 Å². The minimum atomic E-state index is 0. The van der Waals surface area contributed by atoms with Gasteiger partial charge in [-0.3, -0.25) is 9.89 Å². The molecule has 0 spiro atoms. The van der Waals surface area contributed by atoms with Gasteiger partial charge in [0.2, 0.25) is 0 Å². The average molecular weight is 579 g/mol. The molecule has 0 aliphatic carbocycles. The number of hydrogen-bond donors (Lipinski definition) is 2. The SMILES string of the molecule is CCN(CC)CCCCC(N)CCCN1C(=O)c2cccc3c(-c4ccn[nH]4)ccc1c23.Cl.Cl.Cl.Cl. The Labute approximate surface area is 239 Å². The molecule has 4 rings (SSSR count). The van der Waals surface area contributed by atoms with Crippen molar-refractivity contribution < 1.29 is 4.79 Å². The molecule has 1 unspecified atom stereocenters. The second-order valence-electron chi connectivity index (χ2n) is 8.71. The molecular weight excluding hydrogens is 540 g/mol. The first-order valence-electron chi connectivity index (χ1n) is 12.0. The fourth-order valence-corrected chi connectivity index (χ4v) is 4.85. The number of aromatic nitrogens is 2. The fourth-order valence-electron chi connectivity index (χ4n) is 4.85. The highest BCUT2D eigenvalue weighted by atomic mass is 35.5. The number of amides is 1. The number of nitrogens with two attached hydrogens (primary N) is 1. The van der Waals surface area contributed by atoms with Crippen molar-refractivity contribution in [3.63, 3.8) is 0 Å². The highest BCUT2D eigenvalue weighted by Crippen LogP contribution is 2.41. The van der Waals surface area contributed by atoms with Crippen molar-refractivity contribution in [2.24, 2.45) is 5.73 Å². The second kappa shape index (κ2) is 16.3. The third-order valence-electron chi connectivity index (χ3n) is 6.73. The Morgan fingerprint density at radius 2 is 1.67 bits per heavy atom. The Hall–Kier alpha value is -1.54. The van der Waals surface area contributed by atoms with E-state index in [0.29, 0.717) is 6.54 Å². The number of halogens is 4. The van der Waals surface area contributed by atoms with Crippen molar-refractivity contribution in [3.05, 3.63) is 48.2 Å². The van der Waals surface area contributed by atoms with E-state index >= 15 is 0 Å². The van der Waals surface area contributed by atoms with Crippen molar-refractivity contribution in [1.82, 2.24) is 15.1 Å². The van der Waals surface area contributed by atoms with Crippen molar-refractivity contribution in [2.45, 2.75) is 52.0 Å². The van der Waals surface area contributed by atoms with E-state index in [1.807, 2.05) is 23.1 Å². The number of benzene rings is 2. The van der Waals surface area contributed by atoms with Crippen LogP contribution in [-0.2, 0) is 0 Å². The van der Waals surface area contributed by atoms with Crippen LogP contribution < -0.4 is 10.6 Å². The topological polar surface area (TPSA) is 78.2 Å². The van der Waals surface area contributed by atoms with Gasteiger partial charge in [-0.25, -0.2) is 0 Å². The van der Waals surface area contributed by atoms with Gasteiger partial charge in [-0.2, -0.15) is 5.10 Å². The van der Waals surface area contributed by atoms with Gasteiger partial charge < -0.3 is 15.5 Å². The monoisotopic (exact) mass is 577 g/mol. The van der Waals surface area contributed by atoms with E-state index < -0.39 is 0 Å². The summed E-state index contributed by atoms with van der Waals surface area (Å²) in [4.78, 5) is 17.5. The number of carbonyl (C=O) groups excluding carboxylic acids is 1. The molecule has 2 heterocycles. The Morgan fingerprint density at radius 1 is 0.944 bits per heavy atom. The minimum absolute atomic E-state index is 0. The molecule has 36 heavy (non-hydrogen) atoms. The lowest BCUT2D eigenvalue weighted by molar-refractivity contribution is 0.0992. The van der Waals surface area contributed by atoms with Crippen LogP contribution in [0.25, 0.3) is 22.0 Å². The predicted molar refractivity (Wildman–Crippen MR) is 161 cm³/mol. The summed E-state index contributed by atoms with van der Waals surface area (Å²) < 4.78 is 0. The number of rotatable bonds is 12. The third kappa shape index (κ3) is 7.50. The molecule has 202 valence electrons. The first-order chi connectivity index (χ1) is 15.6. The molecule has 1 aromatic heterocycles. The second-order valence-corrected chi connectivity index (χ2v) is 8.71. The van der Waals surface area contributed by atoms with Crippen molar-refractivity contribution in [1.29, 1.82) is 0 Å². The van der Waals surface area contributed by atoms with Gasteiger partial charge >= 0.3 is 0 Å². The van der Waals surface area contributed by atoms with Gasteiger partial charge in [-0.05, 0) is 68.9 Å². The molecule has 1 amide bonds. The molecule has 1 aliphatic rings. The van der Waals surface area contributed by atoms with Gasteiger partial charge in [0, 0.05) is 35.3 Å². The van der Waals surface area contributed by atoms with Crippen molar-refractivity contribution in [2.75, 3.05) is 31.1 Å². The summed E-state index contributed by atoms with van der Waals surface area (Å²) in [7, 11) is 0. The molecular formula is C26H39Cl4N5O. The Kier molecular flexibility index (Phi) is 15.6. The zero-order valence-corrected chi connectivity index (χ0v) is 24.2. The summed E-state index contributed by atoms with van der Waals surface area (Å²) in [5.74, 6) is 0.0974. The Bertz CT molecular complexity index is 1060. The van der Waals surface area contributed by atoms with Gasteiger partial charge in [-0.15, -0.1) is 49.6 Å². The third-order valence-corrected chi connectivity index (χ3v) is 6.73. The highest BCUT2D eigenvalue weighted by molar-refractivity contribution is 6.26. The van der Waals surface area contributed by atoms with E-state index in [0.717, 1.165) is 72.2 Å². The number of H-pyrrole nitrogens is 1. The fraction of sp³-hybridized carbons (Fsp3) is 0.462. The van der Waals surface area contributed by atoms with E-state index in [-0.39, 0.29) is 61.6 Å². The highest BCUT2D eigenvalue weighted by Gasteiger charge is 2.30. The first-order valence-corrected chi connectivity index (χ1v) is 12.0. The van der Waals surface area contributed by atoms with Crippen LogP contribution in [0.1, 0.15) is 56.3 Å². The molecule has 1 aliphatic heterocycles. The van der Waals surface area contributed by atoms with E-state index in [9.17, 15) is 4.79 Å². The summed E-state index contributed by atoms with van der Waals surface area (Å²) in [6.45, 7) is 8.53. The van der Waals surface area contributed by atoms with E-state index in [1.165, 1.54) is 12.8 Å². The molecule has 3 N–H and O–H groups in total. The van der Waals surface area contributed by atoms with Crippen LogP contribution in [0.15, 0.2) is 42.6 Å². The number of nitrogens with zero attached hydrogens (tertiary/aromatic N) is 3. The lowest BCUT2D eigenvalue weighted by Crippen LogP contribution is -2.29. The van der Waals surface area contributed by atoms with Crippen LogP contribution in [0.5, 0.6) is 0 Å². The normalized spacial score (nSPS) is 12.6. The first kappa shape index (κ1) is 34.5. The molecule has 10 heteroatoms. The van der Waals surface area contributed by atoms with Crippen LogP contribution in [0.4, 0.5) is 5.69 Å². The number of hydrogen-bond acceptors (Lipinski definition) is 4. The molecule has 0 saturated carbocycles. The largest absolute Gasteiger partial charge is 0.328 e. The average Bonchev–Trinajstić information content (AvgIpc) is 3.44. The number of carbonyl (C=O) groups is 1. The molecule has 3 aromatic rings. The summed E-state index contributed by atoms with van der Waals surface area (Å²) >= 11 is 0. The summed E-state index contributed by atoms with van der Waals surface area (Å²) in [6.07, 6.45) is 7.04. The summed E-state index contributed by atoms with van der Waals surface area (Å²) in [6, 6.07) is 12.3. The predicted octanol–water partition coefficient (Wildman–Crippen LogP) is 6.50. The number of anilines is 1. The maximum atomic E-state index is 13.2. The standard InChI is InChI=1S/C26H35N5O.4ClH/c1-3-30(4-2)17-6-5-9-19(27)10-8-18-31-24-14-13-20(23-15-16-28-29-23)21-11-7-12-22(25(21)24)26(31)32;;;;/h7,11-16,19H,3-6,8-10,17-18,27H2,1-2H3,(H,28,29);4*1H. The molecule has 6 nitrogen and oxygen atoms in total. The number of aromatic amines is 1. The molecule has 0 saturated heterocycles. The van der Waals surface area contributed by atoms with Crippen molar-refractivity contribution in [3.8, 4) is 11.3 Å². The van der Waals surface area contributed by atoms with E-state index in [1.54, 1.807) is 6.20 Å². The van der Waals surface area contributed by atoms with Crippen LogP contribution in [0.2, 0.25) is 0 Å². The maximum Gasteiger partial charge on any atom is 0.258 e. The lowest BCUT2D eigenvalue weighted by Gasteiger charge is -2.20. The van der Waals surface area contributed by atoms with E-state index in [4.69, 9.17) is 5.73 Å². The van der Waals surface area contributed by atoms with E-state index in [2.05, 4.69) is 47.1 Å². The summed E-state index contributed by atoms with van der Waals surface area (Å²) in [5, 5.41) is 9.26. The quantitative estimate of drug-likeness (QED) is 0.240. The zero-order chi connectivity index (χ0) is 22.5. The van der Waals surface area contributed by atoms with Crippen LogP contribution in [0.3, 0.4) is 0 Å². The number of nitrogens with one attached hydrogen (secondary N) is 1. The van der Waals surface area contributed by atoms with Crippen LogP contribution in [0, 0.1) is 0 Å². The smallest absolute Gasteiger partial charge is 0.258 e.